The Morgan fingerprint density at radius 3 is 2.59 bits per heavy atom. The normalized spacial score (nSPS) is 20.5. The van der Waals surface area contributed by atoms with E-state index in [4.69, 9.17) is 4.74 Å². The van der Waals surface area contributed by atoms with Gasteiger partial charge in [-0.15, -0.1) is 0 Å². The summed E-state index contributed by atoms with van der Waals surface area (Å²) in [6, 6.07) is 7.91. The molecule has 1 saturated heterocycles. The van der Waals surface area contributed by atoms with Gasteiger partial charge in [0.2, 0.25) is 0 Å². The molecule has 3 heteroatoms. The first-order chi connectivity index (χ1) is 8.18. The maximum Gasteiger partial charge on any atom is 0.192 e. The van der Waals surface area contributed by atoms with Gasteiger partial charge in [0.15, 0.2) is 5.78 Å². The molecule has 1 fully saturated rings. The summed E-state index contributed by atoms with van der Waals surface area (Å²) in [6.07, 6.45) is -0.251. The Kier molecular flexibility index (Phi) is 4.24. The molecule has 92 valence electrons. The molecule has 1 atom stereocenters. The van der Waals surface area contributed by atoms with E-state index in [1.807, 2.05) is 24.3 Å². The maximum absolute atomic E-state index is 12.1. The topological polar surface area (TPSA) is 26.3 Å². The van der Waals surface area contributed by atoms with Gasteiger partial charge in [-0.3, -0.25) is 4.79 Å². The van der Waals surface area contributed by atoms with E-state index in [-0.39, 0.29) is 11.9 Å². The van der Waals surface area contributed by atoms with E-state index >= 15 is 0 Å². The second kappa shape index (κ2) is 5.69. The van der Waals surface area contributed by atoms with Crippen LogP contribution in [0.25, 0.3) is 0 Å². The molecular formula is C14H18O2S. The van der Waals surface area contributed by atoms with Crippen LogP contribution in [0.15, 0.2) is 24.3 Å². The summed E-state index contributed by atoms with van der Waals surface area (Å²) in [5.74, 6) is 2.40. The van der Waals surface area contributed by atoms with Crippen molar-refractivity contribution in [1.82, 2.24) is 0 Å². The van der Waals surface area contributed by atoms with E-state index in [0.29, 0.717) is 12.5 Å². The van der Waals surface area contributed by atoms with Gasteiger partial charge in [-0.05, 0) is 11.5 Å². The molecule has 2 nitrogen and oxygen atoms in total. The Hall–Kier alpha value is -0.800. The lowest BCUT2D eigenvalue weighted by Gasteiger charge is -2.21. The third-order valence-electron chi connectivity index (χ3n) is 2.97. The highest BCUT2D eigenvalue weighted by Crippen LogP contribution is 2.19. The molecule has 1 heterocycles. The van der Waals surface area contributed by atoms with Gasteiger partial charge in [0.05, 0.1) is 6.61 Å². The fourth-order valence-electron chi connectivity index (χ4n) is 1.86. The number of ketones is 1. The molecule has 0 amide bonds. The number of hydrogen-bond donors (Lipinski definition) is 0. The van der Waals surface area contributed by atoms with Gasteiger partial charge in [0, 0.05) is 17.1 Å². The fraction of sp³-hybridized carbons (Fsp3) is 0.500. The van der Waals surface area contributed by atoms with Crippen molar-refractivity contribution in [3.05, 3.63) is 35.4 Å². The molecule has 1 aromatic carbocycles. The third-order valence-corrected chi connectivity index (χ3v) is 3.96. The van der Waals surface area contributed by atoms with E-state index in [0.717, 1.165) is 17.1 Å². The predicted octanol–water partition coefficient (Wildman–Crippen LogP) is 3.12. The van der Waals surface area contributed by atoms with E-state index in [1.165, 1.54) is 5.56 Å². The molecule has 1 unspecified atom stereocenters. The van der Waals surface area contributed by atoms with Crippen LogP contribution in [0.5, 0.6) is 0 Å². The van der Waals surface area contributed by atoms with Crippen LogP contribution in [0.4, 0.5) is 0 Å². The Bertz CT molecular complexity index is 378. The molecule has 2 rings (SSSR count). The summed E-state index contributed by atoms with van der Waals surface area (Å²) >= 11 is 1.79. The smallest absolute Gasteiger partial charge is 0.192 e. The SMILES string of the molecule is CC(C)c1ccc(C(=O)C2CSCCO2)cc1. The van der Waals surface area contributed by atoms with Gasteiger partial charge < -0.3 is 4.74 Å². The molecule has 0 saturated carbocycles. The van der Waals surface area contributed by atoms with Crippen LogP contribution in [0.3, 0.4) is 0 Å². The second-order valence-electron chi connectivity index (χ2n) is 4.58. The summed E-state index contributed by atoms with van der Waals surface area (Å²) < 4.78 is 5.50. The molecule has 0 bridgehead atoms. The van der Waals surface area contributed by atoms with E-state index in [1.54, 1.807) is 11.8 Å². The molecule has 1 aromatic rings. The number of benzene rings is 1. The lowest BCUT2D eigenvalue weighted by atomic mass is 9.99. The summed E-state index contributed by atoms with van der Waals surface area (Å²) in [5, 5.41) is 0. The minimum absolute atomic E-state index is 0.118. The van der Waals surface area contributed by atoms with Crippen molar-refractivity contribution in [2.75, 3.05) is 18.1 Å². The third kappa shape index (κ3) is 3.11. The number of carbonyl (C=O) groups excluding carboxylic acids is 1. The number of ether oxygens (including phenoxy) is 1. The second-order valence-corrected chi connectivity index (χ2v) is 5.73. The lowest BCUT2D eigenvalue weighted by molar-refractivity contribution is 0.0519. The standard InChI is InChI=1S/C14H18O2S/c1-10(2)11-3-5-12(6-4-11)14(15)13-9-17-8-7-16-13/h3-6,10,13H,7-9H2,1-2H3. The zero-order valence-electron chi connectivity index (χ0n) is 10.3. The Labute approximate surface area is 107 Å². The molecule has 0 radical (unpaired) electrons. The molecule has 1 aliphatic rings. The van der Waals surface area contributed by atoms with Crippen LogP contribution in [-0.2, 0) is 4.74 Å². The van der Waals surface area contributed by atoms with Crippen molar-refractivity contribution in [2.45, 2.75) is 25.9 Å². The largest absolute Gasteiger partial charge is 0.368 e. The molecule has 0 spiro atoms. The first kappa shape index (κ1) is 12.7. The Balaban J connectivity index is 2.08. The van der Waals surface area contributed by atoms with Crippen molar-refractivity contribution in [1.29, 1.82) is 0 Å². The van der Waals surface area contributed by atoms with Crippen LogP contribution in [-0.4, -0.2) is 30.0 Å². The van der Waals surface area contributed by atoms with Gasteiger partial charge in [0.25, 0.3) is 0 Å². The number of hydrogen-bond acceptors (Lipinski definition) is 3. The molecule has 17 heavy (non-hydrogen) atoms. The van der Waals surface area contributed by atoms with E-state index in [2.05, 4.69) is 13.8 Å². The van der Waals surface area contributed by atoms with Crippen molar-refractivity contribution >= 4 is 17.5 Å². The maximum atomic E-state index is 12.1. The first-order valence-corrected chi connectivity index (χ1v) is 7.17. The monoisotopic (exact) mass is 250 g/mol. The molecule has 1 aliphatic heterocycles. The van der Waals surface area contributed by atoms with E-state index in [9.17, 15) is 4.79 Å². The summed E-state index contributed by atoms with van der Waals surface area (Å²) in [7, 11) is 0. The van der Waals surface area contributed by atoms with Crippen molar-refractivity contribution in [3.8, 4) is 0 Å². The van der Waals surface area contributed by atoms with Gasteiger partial charge in [-0.2, -0.15) is 11.8 Å². The van der Waals surface area contributed by atoms with Crippen molar-refractivity contribution < 1.29 is 9.53 Å². The highest BCUT2D eigenvalue weighted by atomic mass is 32.2. The number of Topliss-reactive ketones (excluding diaryl/α,β-unsaturated/α-hetero) is 1. The summed E-state index contributed by atoms with van der Waals surface area (Å²) in [4.78, 5) is 12.1. The molecular weight excluding hydrogens is 232 g/mol. The van der Waals surface area contributed by atoms with Gasteiger partial charge in [-0.1, -0.05) is 38.1 Å². The van der Waals surface area contributed by atoms with Crippen LogP contribution in [0.2, 0.25) is 0 Å². The average molecular weight is 250 g/mol. The van der Waals surface area contributed by atoms with Gasteiger partial charge in [-0.25, -0.2) is 0 Å². The average Bonchev–Trinajstić information content (AvgIpc) is 2.39. The van der Waals surface area contributed by atoms with Crippen LogP contribution >= 0.6 is 11.8 Å². The number of rotatable bonds is 3. The zero-order chi connectivity index (χ0) is 12.3. The molecule has 0 aliphatic carbocycles. The lowest BCUT2D eigenvalue weighted by Crippen LogP contribution is -2.31. The number of carbonyl (C=O) groups is 1. The number of thioether (sulfide) groups is 1. The van der Waals surface area contributed by atoms with Crippen molar-refractivity contribution in [3.63, 3.8) is 0 Å². The first-order valence-electron chi connectivity index (χ1n) is 6.02. The quantitative estimate of drug-likeness (QED) is 0.771. The van der Waals surface area contributed by atoms with Gasteiger partial charge >= 0.3 is 0 Å². The molecule has 0 N–H and O–H groups in total. The Morgan fingerprint density at radius 1 is 1.35 bits per heavy atom. The van der Waals surface area contributed by atoms with Crippen LogP contribution < -0.4 is 0 Å². The summed E-state index contributed by atoms with van der Waals surface area (Å²) in [6.45, 7) is 4.99. The van der Waals surface area contributed by atoms with Crippen LogP contribution in [0.1, 0.15) is 35.7 Å². The van der Waals surface area contributed by atoms with E-state index < -0.39 is 0 Å². The predicted molar refractivity (Wildman–Crippen MR) is 71.9 cm³/mol. The minimum atomic E-state index is -0.251. The zero-order valence-corrected chi connectivity index (χ0v) is 11.1. The highest BCUT2D eigenvalue weighted by molar-refractivity contribution is 7.99. The van der Waals surface area contributed by atoms with Crippen LogP contribution in [0, 0.1) is 0 Å². The Morgan fingerprint density at radius 2 is 2.06 bits per heavy atom. The fourth-order valence-corrected chi connectivity index (χ4v) is 2.70. The van der Waals surface area contributed by atoms with Gasteiger partial charge in [0.1, 0.15) is 6.10 Å². The van der Waals surface area contributed by atoms with Crippen molar-refractivity contribution in [2.24, 2.45) is 0 Å². The summed E-state index contributed by atoms with van der Waals surface area (Å²) in [5.41, 5.74) is 2.03. The highest BCUT2D eigenvalue weighted by Gasteiger charge is 2.23. The minimum Gasteiger partial charge on any atom is -0.368 e. The molecule has 0 aromatic heterocycles.